The van der Waals surface area contributed by atoms with Crippen LogP contribution in [0.1, 0.15) is 13.3 Å². The van der Waals surface area contributed by atoms with Crippen LogP contribution in [0.5, 0.6) is 0 Å². The van der Waals surface area contributed by atoms with Gasteiger partial charge in [0.15, 0.2) is 29.2 Å². The minimum Gasteiger partial charge on any atom is -0.366 e. The lowest BCUT2D eigenvalue weighted by molar-refractivity contribution is -0.158. The van der Waals surface area contributed by atoms with Gasteiger partial charge in [0.1, 0.15) is 18.1 Å². The fraction of sp³-hybridized carbons (Fsp3) is 0.615. The molecule has 1 aliphatic rings. The molecule has 0 aromatic heterocycles. The number of hydrogen-bond donors (Lipinski definition) is 0. The molecule has 1 fully saturated rings. The third-order valence-corrected chi connectivity index (χ3v) is 3.21. The highest BCUT2D eigenvalue weighted by atomic mass is 19.1. The topological polar surface area (TPSA) is 94.6 Å². The lowest BCUT2D eigenvalue weighted by Crippen LogP contribution is -2.55. The van der Waals surface area contributed by atoms with Crippen molar-refractivity contribution in [3.63, 3.8) is 0 Å². The highest BCUT2D eigenvalue weighted by Crippen LogP contribution is 2.24. The monoisotopic (exact) mass is 286 g/mol. The second kappa shape index (κ2) is 6.60. The van der Waals surface area contributed by atoms with E-state index in [-0.39, 0.29) is 12.7 Å². The van der Waals surface area contributed by atoms with Gasteiger partial charge < -0.3 is 9.53 Å². The Morgan fingerprint density at radius 3 is 2.35 bits per heavy atom. The molecule has 20 heavy (non-hydrogen) atoms. The molecule has 6 nitrogen and oxygen atoms in total. The Morgan fingerprint density at radius 2 is 1.90 bits per heavy atom. The van der Waals surface area contributed by atoms with E-state index in [1.54, 1.807) is 0 Å². The van der Waals surface area contributed by atoms with Gasteiger partial charge in [-0.15, -0.1) is 0 Å². The number of halogens is 1. The van der Waals surface area contributed by atoms with Crippen LogP contribution in [0.3, 0.4) is 0 Å². The Balaban J connectivity index is 3.07. The number of rotatable bonds is 6. The van der Waals surface area contributed by atoms with E-state index in [1.807, 2.05) is 0 Å². The van der Waals surface area contributed by atoms with Crippen LogP contribution in [-0.2, 0) is 28.7 Å². The van der Waals surface area contributed by atoms with Gasteiger partial charge >= 0.3 is 0 Å². The Bertz CT molecular complexity index is 458. The van der Waals surface area contributed by atoms with E-state index in [1.165, 1.54) is 6.92 Å². The Kier molecular flexibility index (Phi) is 5.38. The number of methoxy groups -OCH3 is 1. The van der Waals surface area contributed by atoms with Crippen molar-refractivity contribution in [2.24, 2.45) is 17.8 Å². The van der Waals surface area contributed by atoms with Gasteiger partial charge in [0, 0.05) is 13.5 Å². The second-order valence-electron chi connectivity index (χ2n) is 4.80. The van der Waals surface area contributed by atoms with E-state index in [0.29, 0.717) is 0 Å². The van der Waals surface area contributed by atoms with Gasteiger partial charge in [0.2, 0.25) is 0 Å². The Hall–Kier alpha value is -1.76. The standard InChI is InChI=1S/C13H15FO6/c1-6(4-14)3-8(16)9-10(17)7(5-15)11(18)13(20-2)12(9)19/h5-7,9,13H,3-4H2,1-2H3. The number of hydrogen-bond acceptors (Lipinski definition) is 6. The number of carbonyl (C=O) groups is 5. The lowest BCUT2D eigenvalue weighted by Gasteiger charge is -2.27. The summed E-state index contributed by atoms with van der Waals surface area (Å²) < 4.78 is 17.1. The maximum Gasteiger partial charge on any atom is 0.187 e. The van der Waals surface area contributed by atoms with Crippen LogP contribution in [0.15, 0.2) is 0 Å². The van der Waals surface area contributed by atoms with Crippen molar-refractivity contribution < 1.29 is 33.1 Å². The molecule has 0 aromatic carbocycles. The zero-order valence-electron chi connectivity index (χ0n) is 11.1. The fourth-order valence-electron chi connectivity index (χ4n) is 2.11. The molecule has 7 heteroatoms. The van der Waals surface area contributed by atoms with Crippen LogP contribution in [0.25, 0.3) is 0 Å². The van der Waals surface area contributed by atoms with Gasteiger partial charge in [-0.2, -0.15) is 0 Å². The second-order valence-corrected chi connectivity index (χ2v) is 4.80. The van der Waals surface area contributed by atoms with Gasteiger partial charge in [0.05, 0.1) is 6.67 Å². The summed E-state index contributed by atoms with van der Waals surface area (Å²) in [7, 11) is 1.07. The molecule has 1 saturated carbocycles. The molecule has 0 N–H and O–H groups in total. The summed E-state index contributed by atoms with van der Waals surface area (Å²) in [5, 5.41) is 0. The number of carbonyl (C=O) groups excluding carboxylic acids is 5. The summed E-state index contributed by atoms with van der Waals surface area (Å²) in [6.07, 6.45) is -1.81. The molecule has 0 amide bonds. The molecular formula is C13H15FO6. The van der Waals surface area contributed by atoms with E-state index in [0.717, 1.165) is 7.11 Å². The smallest absolute Gasteiger partial charge is 0.187 e. The van der Waals surface area contributed by atoms with E-state index in [9.17, 15) is 28.4 Å². The van der Waals surface area contributed by atoms with E-state index in [2.05, 4.69) is 4.74 Å². The van der Waals surface area contributed by atoms with Crippen molar-refractivity contribution >= 4 is 29.4 Å². The first-order chi connectivity index (χ1) is 9.38. The summed E-state index contributed by atoms with van der Waals surface area (Å²) in [5.41, 5.74) is 0. The number of alkyl halides is 1. The molecule has 0 radical (unpaired) electrons. The van der Waals surface area contributed by atoms with Gasteiger partial charge in [-0.1, -0.05) is 6.92 Å². The molecule has 0 spiro atoms. The molecule has 0 aromatic rings. The van der Waals surface area contributed by atoms with E-state index in [4.69, 9.17) is 0 Å². The summed E-state index contributed by atoms with van der Waals surface area (Å²) >= 11 is 0. The molecule has 4 unspecified atom stereocenters. The highest BCUT2D eigenvalue weighted by molar-refractivity contribution is 6.36. The minimum absolute atomic E-state index is 0.0992. The van der Waals surface area contributed by atoms with Gasteiger partial charge in [-0.3, -0.25) is 23.6 Å². The lowest BCUT2D eigenvalue weighted by atomic mass is 9.74. The zero-order valence-corrected chi connectivity index (χ0v) is 11.1. The number of Topliss-reactive ketones (excluding diaryl/α,β-unsaturated/α-hetero) is 4. The summed E-state index contributed by atoms with van der Waals surface area (Å²) in [6.45, 7) is 0.677. The van der Waals surface area contributed by atoms with Gasteiger partial charge in [0.25, 0.3) is 0 Å². The third kappa shape index (κ3) is 2.87. The van der Waals surface area contributed by atoms with Crippen molar-refractivity contribution in [1.82, 2.24) is 0 Å². The van der Waals surface area contributed by atoms with Crippen LogP contribution in [0.4, 0.5) is 4.39 Å². The van der Waals surface area contributed by atoms with Crippen molar-refractivity contribution in [3.05, 3.63) is 0 Å². The summed E-state index contributed by atoms with van der Waals surface area (Å²) in [5.74, 6) is -7.80. The molecule has 0 saturated heterocycles. The first kappa shape index (κ1) is 16.3. The van der Waals surface area contributed by atoms with E-state index < -0.39 is 53.7 Å². The van der Waals surface area contributed by atoms with Gasteiger partial charge in [-0.05, 0) is 5.92 Å². The number of ketones is 4. The maximum absolute atomic E-state index is 12.4. The maximum atomic E-state index is 12.4. The average molecular weight is 286 g/mol. The third-order valence-electron chi connectivity index (χ3n) is 3.21. The van der Waals surface area contributed by atoms with Gasteiger partial charge in [-0.25, -0.2) is 0 Å². The quantitative estimate of drug-likeness (QED) is 0.492. The summed E-state index contributed by atoms with van der Waals surface area (Å²) in [6, 6.07) is 0. The fourth-order valence-corrected chi connectivity index (χ4v) is 2.11. The highest BCUT2D eigenvalue weighted by Gasteiger charge is 2.52. The summed E-state index contributed by atoms with van der Waals surface area (Å²) in [4.78, 5) is 58.3. The Morgan fingerprint density at radius 1 is 1.30 bits per heavy atom. The molecule has 110 valence electrons. The van der Waals surface area contributed by atoms with E-state index >= 15 is 0 Å². The molecular weight excluding hydrogens is 271 g/mol. The van der Waals surface area contributed by atoms with Crippen LogP contribution in [-0.4, -0.2) is 49.3 Å². The number of ether oxygens (including phenoxy) is 1. The molecule has 0 heterocycles. The number of aldehydes is 1. The normalized spacial score (nSPS) is 28.4. The Labute approximate surface area is 114 Å². The van der Waals surface area contributed by atoms with Crippen LogP contribution in [0, 0.1) is 17.8 Å². The average Bonchev–Trinajstić information content (AvgIpc) is 2.39. The molecule has 1 aliphatic carbocycles. The first-order valence-corrected chi connectivity index (χ1v) is 6.06. The van der Waals surface area contributed by atoms with Crippen molar-refractivity contribution in [1.29, 1.82) is 0 Å². The zero-order chi connectivity index (χ0) is 15.4. The van der Waals surface area contributed by atoms with Crippen LogP contribution >= 0.6 is 0 Å². The molecule has 4 atom stereocenters. The van der Waals surface area contributed by atoms with Crippen molar-refractivity contribution in [3.8, 4) is 0 Å². The predicted molar refractivity (Wildman–Crippen MR) is 63.6 cm³/mol. The van der Waals surface area contributed by atoms with Crippen molar-refractivity contribution in [2.45, 2.75) is 19.4 Å². The van der Waals surface area contributed by atoms with Crippen molar-refractivity contribution in [2.75, 3.05) is 13.8 Å². The molecule has 0 bridgehead atoms. The SMILES string of the molecule is COC1C(=O)C(C=O)C(=O)C(C(=O)CC(C)CF)C1=O. The van der Waals surface area contributed by atoms with Crippen LogP contribution in [0.2, 0.25) is 0 Å². The molecule has 0 aliphatic heterocycles. The molecule has 1 rings (SSSR count). The van der Waals surface area contributed by atoms with Crippen LogP contribution < -0.4 is 0 Å². The largest absolute Gasteiger partial charge is 0.366 e. The first-order valence-electron chi connectivity index (χ1n) is 6.06. The minimum atomic E-state index is -1.72. The predicted octanol–water partition coefficient (Wildman–Crippen LogP) is -0.282.